The SMILES string of the molecule is Cc1c(-c2nc(C3CNCCN3C)no2)oc2c(Cl)cccc12. The first-order valence-corrected chi connectivity index (χ1v) is 7.95. The van der Waals surface area contributed by atoms with Gasteiger partial charge in [-0.2, -0.15) is 4.98 Å². The Balaban J connectivity index is 1.74. The van der Waals surface area contributed by atoms with Crippen molar-refractivity contribution in [3.8, 4) is 11.7 Å². The number of para-hydroxylation sites is 1. The van der Waals surface area contributed by atoms with Crippen LogP contribution < -0.4 is 5.32 Å². The van der Waals surface area contributed by atoms with Crippen molar-refractivity contribution < 1.29 is 8.94 Å². The lowest BCUT2D eigenvalue weighted by Gasteiger charge is -2.30. The molecular weight excluding hydrogens is 316 g/mol. The Morgan fingerprint density at radius 2 is 2.26 bits per heavy atom. The summed E-state index contributed by atoms with van der Waals surface area (Å²) in [4.78, 5) is 6.76. The van der Waals surface area contributed by atoms with E-state index < -0.39 is 0 Å². The minimum Gasteiger partial charge on any atom is -0.449 e. The highest BCUT2D eigenvalue weighted by molar-refractivity contribution is 6.35. The lowest BCUT2D eigenvalue weighted by Crippen LogP contribution is -2.44. The summed E-state index contributed by atoms with van der Waals surface area (Å²) in [6.45, 7) is 4.70. The smallest absolute Gasteiger partial charge is 0.294 e. The number of aromatic nitrogens is 2. The summed E-state index contributed by atoms with van der Waals surface area (Å²) in [5, 5.41) is 9.03. The van der Waals surface area contributed by atoms with E-state index in [-0.39, 0.29) is 6.04 Å². The van der Waals surface area contributed by atoms with Crippen molar-refractivity contribution in [2.75, 3.05) is 26.7 Å². The highest BCUT2D eigenvalue weighted by atomic mass is 35.5. The second kappa shape index (κ2) is 5.63. The largest absolute Gasteiger partial charge is 0.449 e. The third-order valence-corrected chi connectivity index (χ3v) is 4.66. The van der Waals surface area contributed by atoms with Crippen LogP contribution in [0, 0.1) is 6.92 Å². The quantitative estimate of drug-likeness (QED) is 0.778. The zero-order valence-corrected chi connectivity index (χ0v) is 13.7. The van der Waals surface area contributed by atoms with Gasteiger partial charge in [0, 0.05) is 30.6 Å². The van der Waals surface area contributed by atoms with Crippen molar-refractivity contribution in [3.05, 3.63) is 34.6 Å². The molecule has 1 N–H and O–H groups in total. The Hall–Kier alpha value is -1.89. The Kier molecular flexibility index (Phi) is 3.60. The van der Waals surface area contributed by atoms with Gasteiger partial charge in [0.05, 0.1) is 11.1 Å². The first-order chi connectivity index (χ1) is 11.1. The van der Waals surface area contributed by atoms with E-state index in [0.717, 1.165) is 30.6 Å². The lowest BCUT2D eigenvalue weighted by molar-refractivity contribution is 0.190. The Labute approximate surface area is 138 Å². The average molecular weight is 333 g/mol. The van der Waals surface area contributed by atoms with Crippen LogP contribution in [0.2, 0.25) is 5.02 Å². The molecule has 1 unspecified atom stereocenters. The van der Waals surface area contributed by atoms with Gasteiger partial charge in [-0.15, -0.1) is 0 Å². The molecule has 3 heterocycles. The first-order valence-electron chi connectivity index (χ1n) is 7.57. The third-order valence-electron chi connectivity index (χ3n) is 4.36. The summed E-state index contributed by atoms with van der Waals surface area (Å²) in [7, 11) is 2.06. The van der Waals surface area contributed by atoms with Gasteiger partial charge in [0.15, 0.2) is 17.2 Å². The van der Waals surface area contributed by atoms with E-state index in [9.17, 15) is 0 Å². The van der Waals surface area contributed by atoms with Crippen molar-refractivity contribution in [1.29, 1.82) is 0 Å². The van der Waals surface area contributed by atoms with Crippen LogP contribution in [0.15, 0.2) is 27.1 Å². The first kappa shape index (κ1) is 14.7. The fourth-order valence-corrected chi connectivity index (χ4v) is 3.18. The number of fused-ring (bicyclic) bond motifs is 1. The van der Waals surface area contributed by atoms with Gasteiger partial charge in [-0.3, -0.25) is 4.90 Å². The molecule has 0 amide bonds. The Bertz CT molecular complexity index is 857. The highest BCUT2D eigenvalue weighted by Gasteiger charge is 2.27. The Morgan fingerprint density at radius 1 is 1.39 bits per heavy atom. The number of hydrogen-bond donors (Lipinski definition) is 1. The number of halogens is 1. The van der Waals surface area contributed by atoms with E-state index in [4.69, 9.17) is 20.5 Å². The standard InChI is InChI=1S/C16H17ClN4O2/c1-9-10-4-3-5-11(17)14(10)22-13(9)16-19-15(20-23-16)12-8-18-6-7-21(12)2/h3-5,12,18H,6-8H2,1-2H3. The van der Waals surface area contributed by atoms with E-state index in [1.165, 1.54) is 0 Å². The van der Waals surface area contributed by atoms with Crippen molar-refractivity contribution in [2.24, 2.45) is 0 Å². The maximum absolute atomic E-state index is 6.20. The molecule has 1 aromatic carbocycles. The molecule has 0 spiro atoms. The summed E-state index contributed by atoms with van der Waals surface area (Å²) in [6.07, 6.45) is 0. The maximum atomic E-state index is 6.20. The molecule has 0 radical (unpaired) electrons. The molecule has 0 bridgehead atoms. The predicted octanol–water partition coefficient (Wildman–Crippen LogP) is 3.02. The Morgan fingerprint density at radius 3 is 3.04 bits per heavy atom. The molecule has 7 heteroatoms. The molecule has 1 saturated heterocycles. The number of aryl methyl sites for hydroxylation is 1. The molecule has 4 rings (SSSR count). The lowest BCUT2D eigenvalue weighted by atomic mass is 10.1. The number of rotatable bonds is 2. The number of nitrogens with zero attached hydrogens (tertiary/aromatic N) is 3. The molecular formula is C16H17ClN4O2. The predicted molar refractivity (Wildman–Crippen MR) is 87.5 cm³/mol. The van der Waals surface area contributed by atoms with Crippen LogP contribution in [-0.2, 0) is 0 Å². The molecule has 6 nitrogen and oxygen atoms in total. The normalized spacial score (nSPS) is 19.5. The van der Waals surface area contributed by atoms with E-state index in [1.807, 2.05) is 19.1 Å². The topological polar surface area (TPSA) is 67.3 Å². The van der Waals surface area contributed by atoms with Gasteiger partial charge >= 0.3 is 0 Å². The summed E-state index contributed by atoms with van der Waals surface area (Å²) < 4.78 is 11.3. The van der Waals surface area contributed by atoms with Crippen LogP contribution in [0.5, 0.6) is 0 Å². The summed E-state index contributed by atoms with van der Waals surface area (Å²) in [5.41, 5.74) is 1.60. The van der Waals surface area contributed by atoms with Crippen LogP contribution in [-0.4, -0.2) is 41.7 Å². The minimum atomic E-state index is 0.106. The van der Waals surface area contributed by atoms with Gasteiger partial charge in [0.1, 0.15) is 0 Å². The van der Waals surface area contributed by atoms with Crippen LogP contribution in [0.25, 0.3) is 22.6 Å². The number of likely N-dealkylation sites (N-methyl/N-ethyl adjacent to an activating group) is 1. The van der Waals surface area contributed by atoms with Crippen LogP contribution >= 0.6 is 11.6 Å². The molecule has 0 aliphatic carbocycles. The van der Waals surface area contributed by atoms with Crippen LogP contribution in [0.3, 0.4) is 0 Å². The van der Waals surface area contributed by atoms with E-state index in [2.05, 4.69) is 27.4 Å². The monoisotopic (exact) mass is 332 g/mol. The van der Waals surface area contributed by atoms with Gasteiger partial charge in [0.25, 0.3) is 5.89 Å². The number of furan rings is 1. The highest BCUT2D eigenvalue weighted by Crippen LogP contribution is 2.36. The average Bonchev–Trinajstić information content (AvgIpc) is 3.14. The van der Waals surface area contributed by atoms with E-state index in [0.29, 0.717) is 28.1 Å². The second-order valence-electron chi connectivity index (χ2n) is 5.83. The van der Waals surface area contributed by atoms with Crippen LogP contribution in [0.4, 0.5) is 0 Å². The fourth-order valence-electron chi connectivity index (χ4n) is 2.97. The van der Waals surface area contributed by atoms with Crippen LogP contribution in [0.1, 0.15) is 17.4 Å². The molecule has 3 aromatic rings. The maximum Gasteiger partial charge on any atom is 0.294 e. The molecule has 1 aliphatic rings. The van der Waals surface area contributed by atoms with Gasteiger partial charge < -0.3 is 14.3 Å². The number of nitrogens with one attached hydrogen (secondary N) is 1. The van der Waals surface area contributed by atoms with Crippen molar-refractivity contribution in [3.63, 3.8) is 0 Å². The van der Waals surface area contributed by atoms with Gasteiger partial charge in [0.2, 0.25) is 0 Å². The molecule has 1 atom stereocenters. The molecule has 2 aromatic heterocycles. The number of benzene rings is 1. The second-order valence-corrected chi connectivity index (χ2v) is 6.24. The van der Waals surface area contributed by atoms with E-state index in [1.54, 1.807) is 6.07 Å². The molecule has 1 aliphatic heterocycles. The van der Waals surface area contributed by atoms with Gasteiger partial charge in [-0.1, -0.05) is 28.9 Å². The van der Waals surface area contributed by atoms with Crippen molar-refractivity contribution >= 4 is 22.6 Å². The number of piperazine rings is 1. The third kappa shape index (κ3) is 2.43. The summed E-state index contributed by atoms with van der Waals surface area (Å²) >= 11 is 6.20. The van der Waals surface area contributed by atoms with Gasteiger partial charge in [-0.05, 0) is 20.0 Å². The van der Waals surface area contributed by atoms with E-state index >= 15 is 0 Å². The molecule has 23 heavy (non-hydrogen) atoms. The minimum absolute atomic E-state index is 0.106. The number of hydrogen-bond acceptors (Lipinski definition) is 6. The van der Waals surface area contributed by atoms with Crippen molar-refractivity contribution in [2.45, 2.75) is 13.0 Å². The molecule has 0 saturated carbocycles. The fraction of sp³-hybridized carbons (Fsp3) is 0.375. The summed E-state index contributed by atoms with van der Waals surface area (Å²) in [6, 6.07) is 5.78. The molecule has 1 fully saturated rings. The van der Waals surface area contributed by atoms with Gasteiger partial charge in [-0.25, -0.2) is 0 Å². The molecule has 120 valence electrons. The van der Waals surface area contributed by atoms with Crippen molar-refractivity contribution in [1.82, 2.24) is 20.4 Å². The summed E-state index contributed by atoms with van der Waals surface area (Å²) in [5.74, 6) is 1.64. The zero-order chi connectivity index (χ0) is 16.0. The zero-order valence-electron chi connectivity index (χ0n) is 13.0.